The molecule has 3 N–H and O–H groups in total. The zero-order chi connectivity index (χ0) is 15.9. The van der Waals surface area contributed by atoms with Crippen molar-refractivity contribution < 1.29 is 4.79 Å². The highest BCUT2D eigenvalue weighted by molar-refractivity contribution is 7.80. The van der Waals surface area contributed by atoms with E-state index in [1.807, 2.05) is 20.8 Å². The van der Waals surface area contributed by atoms with Gasteiger partial charge in [0.15, 0.2) is 0 Å². The molecule has 5 nitrogen and oxygen atoms in total. The molecule has 1 rings (SSSR count). The average molecular weight is 308 g/mol. The smallest absolute Gasteiger partial charge is 0.233 e. The monoisotopic (exact) mass is 308 g/mol. The van der Waals surface area contributed by atoms with Gasteiger partial charge in [-0.05, 0) is 19.8 Å². The van der Waals surface area contributed by atoms with Crippen LogP contribution in [0.15, 0.2) is 12.4 Å². The number of carbonyl (C=O) groups is 1. The lowest BCUT2D eigenvalue weighted by molar-refractivity contribution is -0.128. The van der Waals surface area contributed by atoms with Gasteiger partial charge in [0.1, 0.15) is 0 Å². The van der Waals surface area contributed by atoms with Crippen molar-refractivity contribution in [2.75, 3.05) is 0 Å². The van der Waals surface area contributed by atoms with Crippen molar-refractivity contribution in [1.82, 2.24) is 15.3 Å². The molecule has 6 heteroatoms. The molecule has 0 saturated heterocycles. The number of hydrogen-bond donors (Lipinski definition) is 2. The Bertz CT molecular complexity index is 481. The van der Waals surface area contributed by atoms with Crippen molar-refractivity contribution in [3.63, 3.8) is 0 Å². The lowest BCUT2D eigenvalue weighted by atomic mass is 9.78. The van der Waals surface area contributed by atoms with Gasteiger partial charge in [-0.15, -0.1) is 0 Å². The molecule has 0 unspecified atom stereocenters. The first-order valence-corrected chi connectivity index (χ1v) is 7.72. The second kappa shape index (κ2) is 8.02. The number of amides is 1. The standard InChI is InChI=1S/C15H24N4OS/c1-4-6-15(7-5-2,13(16)21)14(20)19-10-12-9-17-11(3)8-18-12/h8-9H,4-7,10H2,1-3H3,(H2,16,21)(H,19,20). The summed E-state index contributed by atoms with van der Waals surface area (Å²) in [5, 5.41) is 2.90. The van der Waals surface area contributed by atoms with E-state index in [1.165, 1.54) is 0 Å². The van der Waals surface area contributed by atoms with E-state index < -0.39 is 5.41 Å². The summed E-state index contributed by atoms with van der Waals surface area (Å²) < 4.78 is 0. The molecular formula is C15H24N4OS. The fraction of sp³-hybridized carbons (Fsp3) is 0.600. The van der Waals surface area contributed by atoms with E-state index in [0.29, 0.717) is 19.4 Å². The Morgan fingerprint density at radius 3 is 2.33 bits per heavy atom. The summed E-state index contributed by atoms with van der Waals surface area (Å²) in [4.78, 5) is 21.3. The topological polar surface area (TPSA) is 80.9 Å². The maximum atomic E-state index is 12.6. The molecule has 0 bridgehead atoms. The van der Waals surface area contributed by atoms with Crippen LogP contribution in [-0.4, -0.2) is 20.9 Å². The normalized spacial score (nSPS) is 11.2. The molecule has 116 valence electrons. The van der Waals surface area contributed by atoms with Gasteiger partial charge in [-0.2, -0.15) is 0 Å². The van der Waals surface area contributed by atoms with Gasteiger partial charge in [0.25, 0.3) is 0 Å². The van der Waals surface area contributed by atoms with Crippen LogP contribution >= 0.6 is 12.2 Å². The van der Waals surface area contributed by atoms with Crippen LogP contribution in [-0.2, 0) is 11.3 Å². The summed E-state index contributed by atoms with van der Waals surface area (Å²) in [6.07, 6.45) is 6.39. The van der Waals surface area contributed by atoms with Crippen LogP contribution in [0.25, 0.3) is 0 Å². The molecule has 21 heavy (non-hydrogen) atoms. The highest BCUT2D eigenvalue weighted by Gasteiger charge is 2.39. The Hall–Kier alpha value is -1.56. The second-order valence-electron chi connectivity index (χ2n) is 5.28. The average Bonchev–Trinajstić information content (AvgIpc) is 2.45. The van der Waals surface area contributed by atoms with Gasteiger partial charge in [0.2, 0.25) is 5.91 Å². The number of rotatable bonds is 8. The van der Waals surface area contributed by atoms with Crippen LogP contribution in [0, 0.1) is 12.3 Å². The van der Waals surface area contributed by atoms with Crippen LogP contribution in [0.1, 0.15) is 50.9 Å². The van der Waals surface area contributed by atoms with E-state index in [9.17, 15) is 4.79 Å². The molecule has 0 aliphatic rings. The first kappa shape index (κ1) is 17.5. The molecule has 1 amide bonds. The highest BCUT2D eigenvalue weighted by atomic mass is 32.1. The van der Waals surface area contributed by atoms with Gasteiger partial charge in [-0.25, -0.2) is 0 Å². The molecular weight excluding hydrogens is 284 g/mol. The van der Waals surface area contributed by atoms with Crippen LogP contribution in [0.2, 0.25) is 0 Å². The maximum Gasteiger partial charge on any atom is 0.233 e. The highest BCUT2D eigenvalue weighted by Crippen LogP contribution is 2.31. The molecule has 0 atom stereocenters. The van der Waals surface area contributed by atoms with Crippen molar-refractivity contribution in [3.8, 4) is 0 Å². The summed E-state index contributed by atoms with van der Waals surface area (Å²) in [6, 6.07) is 0. The van der Waals surface area contributed by atoms with Gasteiger partial charge in [0, 0.05) is 6.20 Å². The van der Waals surface area contributed by atoms with Crippen LogP contribution < -0.4 is 11.1 Å². The van der Waals surface area contributed by atoms with Gasteiger partial charge < -0.3 is 11.1 Å². The lowest BCUT2D eigenvalue weighted by Crippen LogP contribution is -2.48. The predicted octanol–water partition coefficient (Wildman–Crippen LogP) is 2.27. The van der Waals surface area contributed by atoms with E-state index in [0.717, 1.165) is 24.2 Å². The number of aryl methyl sites for hydroxylation is 1. The van der Waals surface area contributed by atoms with E-state index in [-0.39, 0.29) is 10.9 Å². The number of aromatic nitrogens is 2. The van der Waals surface area contributed by atoms with Crippen LogP contribution in [0.3, 0.4) is 0 Å². The van der Waals surface area contributed by atoms with Crippen molar-refractivity contribution in [2.45, 2.75) is 53.0 Å². The number of thiocarbonyl (C=S) groups is 1. The number of hydrogen-bond acceptors (Lipinski definition) is 4. The van der Waals surface area contributed by atoms with E-state index in [4.69, 9.17) is 18.0 Å². The molecule has 0 saturated carbocycles. The molecule has 0 aromatic carbocycles. The van der Waals surface area contributed by atoms with Gasteiger partial charge >= 0.3 is 0 Å². The summed E-state index contributed by atoms with van der Waals surface area (Å²) >= 11 is 5.17. The van der Waals surface area contributed by atoms with E-state index >= 15 is 0 Å². The largest absolute Gasteiger partial charge is 0.392 e. The quantitative estimate of drug-likeness (QED) is 0.720. The lowest BCUT2D eigenvalue weighted by Gasteiger charge is -2.31. The molecule has 1 heterocycles. The summed E-state index contributed by atoms with van der Waals surface area (Å²) in [7, 11) is 0. The summed E-state index contributed by atoms with van der Waals surface area (Å²) in [5.74, 6) is -0.110. The Balaban J connectivity index is 2.80. The zero-order valence-corrected chi connectivity index (χ0v) is 13.8. The molecule has 0 spiro atoms. The van der Waals surface area contributed by atoms with Crippen molar-refractivity contribution in [2.24, 2.45) is 11.1 Å². The van der Waals surface area contributed by atoms with Crippen LogP contribution in [0.5, 0.6) is 0 Å². The second-order valence-corrected chi connectivity index (χ2v) is 5.72. The van der Waals surface area contributed by atoms with Crippen molar-refractivity contribution >= 4 is 23.1 Å². The van der Waals surface area contributed by atoms with Crippen molar-refractivity contribution in [1.29, 1.82) is 0 Å². The van der Waals surface area contributed by atoms with Gasteiger partial charge in [-0.1, -0.05) is 38.9 Å². The molecule has 0 aliphatic carbocycles. The Morgan fingerprint density at radius 1 is 1.29 bits per heavy atom. The minimum Gasteiger partial charge on any atom is -0.392 e. The Labute approximate surface area is 131 Å². The Kier molecular flexibility index (Phi) is 6.68. The first-order valence-electron chi connectivity index (χ1n) is 7.32. The number of nitrogens with one attached hydrogen (secondary N) is 1. The fourth-order valence-corrected chi connectivity index (χ4v) is 2.71. The third-order valence-corrected chi connectivity index (χ3v) is 3.92. The molecule has 0 radical (unpaired) electrons. The van der Waals surface area contributed by atoms with E-state index in [2.05, 4.69) is 15.3 Å². The third-order valence-electron chi connectivity index (χ3n) is 3.52. The zero-order valence-electron chi connectivity index (χ0n) is 13.0. The molecule has 1 aromatic rings. The summed E-state index contributed by atoms with van der Waals surface area (Å²) in [5.41, 5.74) is 6.69. The SMILES string of the molecule is CCCC(CCC)(C(=O)NCc1cnc(C)cn1)C(N)=S. The minimum atomic E-state index is -0.753. The Morgan fingerprint density at radius 2 is 1.90 bits per heavy atom. The molecule has 0 aliphatic heterocycles. The van der Waals surface area contributed by atoms with Crippen molar-refractivity contribution in [3.05, 3.63) is 23.8 Å². The molecule has 0 fully saturated rings. The first-order chi connectivity index (χ1) is 9.96. The maximum absolute atomic E-state index is 12.6. The predicted molar refractivity (Wildman–Crippen MR) is 87.7 cm³/mol. The van der Waals surface area contributed by atoms with E-state index in [1.54, 1.807) is 12.4 Å². The fourth-order valence-electron chi connectivity index (χ4n) is 2.41. The van der Waals surface area contributed by atoms with Crippen LogP contribution in [0.4, 0.5) is 0 Å². The molecule has 1 aromatic heterocycles. The number of nitrogens with zero attached hydrogens (tertiary/aromatic N) is 2. The minimum absolute atomic E-state index is 0.110. The third kappa shape index (κ3) is 4.46. The number of nitrogens with two attached hydrogens (primary N) is 1. The van der Waals surface area contributed by atoms with Gasteiger partial charge in [0.05, 0.1) is 34.5 Å². The summed E-state index contributed by atoms with van der Waals surface area (Å²) in [6.45, 7) is 6.27. The number of carbonyl (C=O) groups excluding carboxylic acids is 1. The van der Waals surface area contributed by atoms with Gasteiger partial charge in [-0.3, -0.25) is 14.8 Å².